The highest BCUT2D eigenvalue weighted by molar-refractivity contribution is 9.10. The summed E-state index contributed by atoms with van der Waals surface area (Å²) >= 11 is 3.38. The molecule has 0 aromatic heterocycles. The maximum atomic E-state index is 13.0. The summed E-state index contributed by atoms with van der Waals surface area (Å²) < 4.78 is 47.1. The van der Waals surface area contributed by atoms with Crippen molar-refractivity contribution >= 4 is 37.5 Å². The molecular formula is C23H22BrFN2O4S. The third-order valence-electron chi connectivity index (χ3n) is 4.66. The van der Waals surface area contributed by atoms with Gasteiger partial charge in [0.05, 0.1) is 10.9 Å². The second-order valence-electron chi connectivity index (χ2n) is 7.17. The molecule has 0 saturated carbocycles. The first-order chi connectivity index (χ1) is 15.1. The number of carbonyl (C=O) groups excluding carboxylic acids is 1. The quantitative estimate of drug-likeness (QED) is 0.439. The minimum Gasteiger partial charge on any atom is -0.484 e. The van der Waals surface area contributed by atoms with Gasteiger partial charge in [-0.1, -0.05) is 28.1 Å². The van der Waals surface area contributed by atoms with E-state index in [9.17, 15) is 17.6 Å². The van der Waals surface area contributed by atoms with E-state index in [1.165, 1.54) is 42.5 Å². The van der Waals surface area contributed by atoms with Crippen LogP contribution in [0.5, 0.6) is 5.75 Å². The zero-order valence-corrected chi connectivity index (χ0v) is 19.8. The molecule has 0 fully saturated rings. The molecule has 0 aliphatic carbocycles. The standard InChI is InChI=1S/C23H22BrFN2O4S/c1-15-13-21(32(29,30)27-20-9-7-19(25)8-10-20)11-12-22(15)31-14-23(28)26-16(2)17-3-5-18(24)6-4-17/h3-13,16,27H,14H2,1-2H3,(H,26,28)/t16-/m1/s1. The van der Waals surface area contributed by atoms with Gasteiger partial charge < -0.3 is 10.1 Å². The van der Waals surface area contributed by atoms with Crippen LogP contribution in [0.4, 0.5) is 10.1 Å². The molecule has 1 amide bonds. The number of sulfonamides is 1. The molecule has 0 aliphatic heterocycles. The number of benzene rings is 3. The van der Waals surface area contributed by atoms with Gasteiger partial charge in [0.2, 0.25) is 0 Å². The number of rotatable bonds is 8. The van der Waals surface area contributed by atoms with Gasteiger partial charge in [-0.25, -0.2) is 12.8 Å². The van der Waals surface area contributed by atoms with E-state index < -0.39 is 15.8 Å². The van der Waals surface area contributed by atoms with Gasteiger partial charge in [0.25, 0.3) is 15.9 Å². The highest BCUT2D eigenvalue weighted by atomic mass is 79.9. The molecule has 9 heteroatoms. The second kappa shape index (κ2) is 10.1. The fourth-order valence-electron chi connectivity index (χ4n) is 2.94. The molecule has 0 heterocycles. The minimum atomic E-state index is -3.86. The van der Waals surface area contributed by atoms with Crippen LogP contribution in [0, 0.1) is 12.7 Å². The zero-order chi connectivity index (χ0) is 23.3. The number of amides is 1. The van der Waals surface area contributed by atoms with Crippen molar-refractivity contribution in [3.63, 3.8) is 0 Å². The van der Waals surface area contributed by atoms with Gasteiger partial charge >= 0.3 is 0 Å². The van der Waals surface area contributed by atoms with Gasteiger partial charge in [0, 0.05) is 10.2 Å². The predicted molar refractivity (Wildman–Crippen MR) is 125 cm³/mol. The van der Waals surface area contributed by atoms with Crippen molar-refractivity contribution in [1.29, 1.82) is 0 Å². The number of halogens is 2. The number of hydrogen-bond donors (Lipinski definition) is 2. The van der Waals surface area contributed by atoms with E-state index in [2.05, 4.69) is 26.0 Å². The Hall–Kier alpha value is -2.91. The van der Waals surface area contributed by atoms with Crippen LogP contribution in [-0.4, -0.2) is 20.9 Å². The summed E-state index contributed by atoms with van der Waals surface area (Å²) in [5, 5.41) is 2.86. The Balaban J connectivity index is 1.60. The molecule has 3 aromatic rings. The van der Waals surface area contributed by atoms with Gasteiger partial charge in [0.1, 0.15) is 11.6 Å². The average Bonchev–Trinajstić information content (AvgIpc) is 2.74. The first-order valence-corrected chi connectivity index (χ1v) is 12.0. The van der Waals surface area contributed by atoms with Crippen LogP contribution < -0.4 is 14.8 Å². The van der Waals surface area contributed by atoms with Gasteiger partial charge in [-0.15, -0.1) is 0 Å². The molecule has 0 bridgehead atoms. The van der Waals surface area contributed by atoms with Crippen LogP contribution >= 0.6 is 15.9 Å². The summed E-state index contributed by atoms with van der Waals surface area (Å²) in [5.41, 5.74) is 1.77. The zero-order valence-electron chi connectivity index (χ0n) is 17.4. The number of nitrogens with one attached hydrogen (secondary N) is 2. The normalized spacial score (nSPS) is 12.1. The van der Waals surface area contributed by atoms with Crippen molar-refractivity contribution in [2.45, 2.75) is 24.8 Å². The number of ether oxygens (including phenoxy) is 1. The first-order valence-electron chi connectivity index (χ1n) is 9.71. The Kier molecular flexibility index (Phi) is 7.52. The van der Waals surface area contributed by atoms with Crippen LogP contribution in [0.1, 0.15) is 24.1 Å². The number of anilines is 1. The van der Waals surface area contributed by atoms with Crippen LogP contribution in [0.25, 0.3) is 0 Å². The summed E-state index contributed by atoms with van der Waals surface area (Å²) in [6.45, 7) is 3.36. The monoisotopic (exact) mass is 520 g/mol. The highest BCUT2D eigenvalue weighted by Crippen LogP contribution is 2.24. The van der Waals surface area contributed by atoms with Crippen molar-refractivity contribution in [2.24, 2.45) is 0 Å². The van der Waals surface area contributed by atoms with E-state index in [0.717, 1.165) is 10.0 Å². The second-order valence-corrected chi connectivity index (χ2v) is 9.77. The summed E-state index contributed by atoms with van der Waals surface area (Å²) in [5.74, 6) is -0.354. The van der Waals surface area contributed by atoms with Gasteiger partial charge in [-0.05, 0) is 79.6 Å². The van der Waals surface area contributed by atoms with Gasteiger partial charge in [-0.3, -0.25) is 9.52 Å². The largest absolute Gasteiger partial charge is 0.484 e. The third kappa shape index (κ3) is 6.30. The number of aryl methyl sites for hydroxylation is 1. The Morgan fingerprint density at radius 2 is 1.72 bits per heavy atom. The van der Waals surface area contributed by atoms with E-state index in [0.29, 0.717) is 11.3 Å². The lowest BCUT2D eigenvalue weighted by Gasteiger charge is -2.16. The maximum Gasteiger partial charge on any atom is 0.261 e. The van der Waals surface area contributed by atoms with Crippen molar-refractivity contribution in [3.8, 4) is 5.75 Å². The highest BCUT2D eigenvalue weighted by Gasteiger charge is 2.17. The van der Waals surface area contributed by atoms with Crippen molar-refractivity contribution in [1.82, 2.24) is 5.32 Å². The summed E-state index contributed by atoms with van der Waals surface area (Å²) in [6.07, 6.45) is 0. The average molecular weight is 521 g/mol. The molecule has 0 radical (unpaired) electrons. The molecule has 168 valence electrons. The fourth-order valence-corrected chi connectivity index (χ4v) is 4.35. The maximum absolute atomic E-state index is 13.0. The molecule has 3 rings (SSSR count). The lowest BCUT2D eigenvalue weighted by molar-refractivity contribution is -0.123. The number of carbonyl (C=O) groups is 1. The van der Waals surface area contributed by atoms with E-state index >= 15 is 0 Å². The van der Waals surface area contributed by atoms with Gasteiger partial charge in [0.15, 0.2) is 6.61 Å². The Morgan fingerprint density at radius 3 is 2.34 bits per heavy atom. The van der Waals surface area contributed by atoms with Crippen LogP contribution in [0.3, 0.4) is 0 Å². The Morgan fingerprint density at radius 1 is 1.06 bits per heavy atom. The van der Waals surface area contributed by atoms with Crippen LogP contribution in [0.2, 0.25) is 0 Å². The summed E-state index contributed by atoms with van der Waals surface area (Å²) in [6, 6.07) is 16.8. The minimum absolute atomic E-state index is 0.0278. The predicted octanol–water partition coefficient (Wildman–Crippen LogP) is 4.95. The van der Waals surface area contributed by atoms with E-state index in [1.54, 1.807) is 6.92 Å². The SMILES string of the molecule is Cc1cc(S(=O)(=O)Nc2ccc(F)cc2)ccc1OCC(=O)N[C@H](C)c1ccc(Br)cc1. The molecule has 2 N–H and O–H groups in total. The molecule has 1 atom stereocenters. The van der Waals surface area contributed by atoms with E-state index in [1.807, 2.05) is 31.2 Å². The molecule has 0 aliphatic rings. The topological polar surface area (TPSA) is 84.5 Å². The Labute approximate surface area is 195 Å². The summed E-state index contributed by atoms with van der Waals surface area (Å²) in [7, 11) is -3.86. The molecular weight excluding hydrogens is 499 g/mol. The van der Waals surface area contributed by atoms with Gasteiger partial charge in [-0.2, -0.15) is 0 Å². The third-order valence-corrected chi connectivity index (χ3v) is 6.57. The Bertz CT molecular complexity index is 1200. The van der Waals surface area contributed by atoms with Crippen molar-refractivity contribution in [2.75, 3.05) is 11.3 Å². The van der Waals surface area contributed by atoms with Crippen molar-refractivity contribution in [3.05, 3.63) is 88.1 Å². The van der Waals surface area contributed by atoms with E-state index in [4.69, 9.17) is 4.74 Å². The first kappa shape index (κ1) is 23.7. The molecule has 0 spiro atoms. The number of hydrogen-bond acceptors (Lipinski definition) is 4. The van der Waals surface area contributed by atoms with Crippen LogP contribution in [0.15, 0.2) is 76.1 Å². The molecule has 0 unspecified atom stereocenters. The molecule has 0 saturated heterocycles. The van der Waals surface area contributed by atoms with Crippen molar-refractivity contribution < 1.29 is 22.3 Å². The summed E-state index contributed by atoms with van der Waals surface area (Å²) in [4.78, 5) is 12.3. The van der Waals surface area contributed by atoms with E-state index in [-0.39, 0.29) is 29.1 Å². The molecule has 32 heavy (non-hydrogen) atoms. The molecule has 3 aromatic carbocycles. The van der Waals surface area contributed by atoms with Crippen LogP contribution in [-0.2, 0) is 14.8 Å². The lowest BCUT2D eigenvalue weighted by atomic mass is 10.1. The fraction of sp³-hybridized carbons (Fsp3) is 0.174. The molecule has 6 nitrogen and oxygen atoms in total. The lowest BCUT2D eigenvalue weighted by Crippen LogP contribution is -2.31. The smallest absolute Gasteiger partial charge is 0.261 e.